The number of imide groups is 1. The highest BCUT2D eigenvalue weighted by Gasteiger charge is 2.52. The summed E-state index contributed by atoms with van der Waals surface area (Å²) >= 11 is 13.5. The van der Waals surface area contributed by atoms with E-state index in [1.807, 2.05) is 0 Å². The molecule has 1 spiro atoms. The van der Waals surface area contributed by atoms with Crippen LogP contribution in [0, 0.1) is 0 Å². The molecule has 0 saturated carbocycles. The van der Waals surface area contributed by atoms with Gasteiger partial charge in [0.25, 0.3) is 5.91 Å². The van der Waals surface area contributed by atoms with Crippen molar-refractivity contribution in [1.29, 1.82) is 0 Å². The largest absolute Gasteiger partial charge is 0.490 e. The second kappa shape index (κ2) is 6.18. The normalized spacial score (nSPS) is 24.2. The van der Waals surface area contributed by atoms with E-state index >= 15 is 0 Å². The van der Waals surface area contributed by atoms with Gasteiger partial charge in [-0.1, -0.05) is 23.2 Å². The Hall–Kier alpha value is -1.11. The van der Waals surface area contributed by atoms with Gasteiger partial charge in [0.1, 0.15) is 17.9 Å². The Morgan fingerprint density at radius 2 is 2.18 bits per heavy atom. The molecule has 2 saturated heterocycles. The van der Waals surface area contributed by atoms with Crippen molar-refractivity contribution < 1.29 is 14.3 Å². The fourth-order valence-electron chi connectivity index (χ4n) is 2.55. The van der Waals surface area contributed by atoms with Crippen LogP contribution in [0.3, 0.4) is 0 Å². The standard InChI is InChI=1S/C14H14Cl2N2O3S/c15-9-1-2-11(10(16)7-9)21-5-4-18-12(19)14(17-13(18)20)3-6-22-8-14/h1-2,7H,3-6,8H2,(H,17,20). The summed E-state index contributed by atoms with van der Waals surface area (Å²) in [6, 6.07) is 4.56. The molecule has 2 fully saturated rings. The highest BCUT2D eigenvalue weighted by atomic mass is 35.5. The van der Waals surface area contributed by atoms with Gasteiger partial charge >= 0.3 is 6.03 Å². The molecule has 0 radical (unpaired) electrons. The van der Waals surface area contributed by atoms with Crippen molar-refractivity contribution in [3.63, 3.8) is 0 Å². The van der Waals surface area contributed by atoms with Gasteiger partial charge in [0.05, 0.1) is 11.6 Å². The third kappa shape index (κ3) is 2.87. The predicted molar refractivity (Wildman–Crippen MR) is 86.9 cm³/mol. The van der Waals surface area contributed by atoms with Gasteiger partial charge in [-0.15, -0.1) is 0 Å². The van der Waals surface area contributed by atoms with Gasteiger partial charge in [0.15, 0.2) is 0 Å². The zero-order valence-electron chi connectivity index (χ0n) is 11.6. The highest BCUT2D eigenvalue weighted by molar-refractivity contribution is 7.99. The molecule has 3 amide bonds. The fourth-order valence-corrected chi connectivity index (χ4v) is 4.34. The Kier molecular flexibility index (Phi) is 4.43. The first-order chi connectivity index (χ1) is 10.5. The number of urea groups is 1. The summed E-state index contributed by atoms with van der Waals surface area (Å²) in [7, 11) is 0. The summed E-state index contributed by atoms with van der Waals surface area (Å²) in [6.45, 7) is 0.375. The number of nitrogens with one attached hydrogen (secondary N) is 1. The molecule has 1 N–H and O–H groups in total. The minimum absolute atomic E-state index is 0.159. The van der Waals surface area contributed by atoms with E-state index in [0.717, 1.165) is 5.75 Å². The molecule has 2 heterocycles. The molecule has 8 heteroatoms. The fraction of sp³-hybridized carbons (Fsp3) is 0.429. The molecular weight excluding hydrogens is 347 g/mol. The molecule has 118 valence electrons. The molecule has 5 nitrogen and oxygen atoms in total. The van der Waals surface area contributed by atoms with Crippen molar-refractivity contribution in [2.24, 2.45) is 0 Å². The first-order valence-electron chi connectivity index (χ1n) is 6.81. The lowest BCUT2D eigenvalue weighted by molar-refractivity contribution is -0.130. The van der Waals surface area contributed by atoms with Crippen molar-refractivity contribution in [1.82, 2.24) is 10.2 Å². The van der Waals surface area contributed by atoms with Gasteiger partial charge in [0, 0.05) is 10.8 Å². The number of thioether (sulfide) groups is 1. The number of halogens is 2. The molecule has 0 bridgehead atoms. The van der Waals surface area contributed by atoms with E-state index in [-0.39, 0.29) is 25.1 Å². The van der Waals surface area contributed by atoms with Gasteiger partial charge in [-0.05, 0) is 30.4 Å². The van der Waals surface area contributed by atoms with E-state index in [1.165, 1.54) is 4.90 Å². The number of amides is 3. The molecule has 1 atom stereocenters. The smallest absolute Gasteiger partial charge is 0.325 e. The van der Waals surface area contributed by atoms with Gasteiger partial charge in [-0.3, -0.25) is 9.69 Å². The lowest BCUT2D eigenvalue weighted by Gasteiger charge is -2.19. The average molecular weight is 361 g/mol. The molecule has 1 aromatic rings. The zero-order chi connectivity index (χ0) is 15.7. The minimum atomic E-state index is -0.709. The Morgan fingerprint density at radius 1 is 1.36 bits per heavy atom. The third-order valence-corrected chi connectivity index (χ3v) is 5.45. The average Bonchev–Trinajstić information content (AvgIpc) is 3.02. The second-order valence-corrected chi connectivity index (χ2v) is 7.14. The van der Waals surface area contributed by atoms with E-state index in [1.54, 1.807) is 30.0 Å². The Balaban J connectivity index is 1.59. The maximum Gasteiger partial charge on any atom is 0.325 e. The lowest BCUT2D eigenvalue weighted by Crippen LogP contribution is -2.47. The van der Waals surface area contributed by atoms with Crippen molar-refractivity contribution >= 4 is 46.9 Å². The molecule has 1 unspecified atom stereocenters. The van der Waals surface area contributed by atoms with Crippen molar-refractivity contribution in [3.8, 4) is 5.75 Å². The summed E-state index contributed by atoms with van der Waals surface area (Å²) < 4.78 is 5.53. The molecule has 0 aromatic heterocycles. The van der Waals surface area contributed by atoms with Crippen molar-refractivity contribution in [3.05, 3.63) is 28.2 Å². The van der Waals surface area contributed by atoms with Crippen LogP contribution in [0.2, 0.25) is 10.0 Å². The SMILES string of the molecule is O=C1NC2(CCSC2)C(=O)N1CCOc1ccc(Cl)cc1Cl. The maximum absolute atomic E-state index is 12.4. The highest BCUT2D eigenvalue weighted by Crippen LogP contribution is 2.33. The van der Waals surface area contributed by atoms with Gasteiger partial charge in [-0.2, -0.15) is 11.8 Å². The number of hydrogen-bond donors (Lipinski definition) is 1. The van der Waals surface area contributed by atoms with Gasteiger partial charge in [-0.25, -0.2) is 4.79 Å². The molecule has 2 aliphatic rings. The summed E-state index contributed by atoms with van der Waals surface area (Å²) in [4.78, 5) is 25.6. The van der Waals surface area contributed by atoms with Gasteiger partial charge < -0.3 is 10.1 Å². The minimum Gasteiger partial charge on any atom is -0.490 e. The zero-order valence-corrected chi connectivity index (χ0v) is 13.9. The van der Waals surface area contributed by atoms with E-state index in [0.29, 0.717) is 28.0 Å². The molecule has 2 aliphatic heterocycles. The van der Waals surface area contributed by atoms with Crippen LogP contribution in [0.25, 0.3) is 0 Å². The van der Waals surface area contributed by atoms with Crippen LogP contribution in [0.5, 0.6) is 5.75 Å². The first-order valence-corrected chi connectivity index (χ1v) is 8.73. The number of nitrogens with zero attached hydrogens (tertiary/aromatic N) is 1. The number of carbonyl (C=O) groups is 2. The van der Waals surface area contributed by atoms with E-state index in [4.69, 9.17) is 27.9 Å². The number of carbonyl (C=O) groups excluding carboxylic acids is 2. The number of ether oxygens (including phenoxy) is 1. The van der Waals surface area contributed by atoms with Crippen molar-refractivity contribution in [2.75, 3.05) is 24.7 Å². The first kappa shape index (κ1) is 15.8. The van der Waals surface area contributed by atoms with Crippen LogP contribution >= 0.6 is 35.0 Å². The summed E-state index contributed by atoms with van der Waals surface area (Å²) in [6.07, 6.45) is 0.683. The number of benzene rings is 1. The van der Waals surface area contributed by atoms with Crippen LogP contribution in [0.1, 0.15) is 6.42 Å². The molecular formula is C14H14Cl2N2O3S. The quantitative estimate of drug-likeness (QED) is 0.838. The van der Waals surface area contributed by atoms with Crippen LogP contribution in [-0.4, -0.2) is 47.0 Å². The van der Waals surface area contributed by atoms with Crippen LogP contribution < -0.4 is 10.1 Å². The lowest BCUT2D eigenvalue weighted by atomic mass is 9.99. The van der Waals surface area contributed by atoms with E-state index in [9.17, 15) is 9.59 Å². The number of rotatable bonds is 4. The Morgan fingerprint density at radius 3 is 2.86 bits per heavy atom. The molecule has 0 aliphatic carbocycles. The summed E-state index contributed by atoms with van der Waals surface area (Å²) in [5.74, 6) is 1.84. The molecule has 22 heavy (non-hydrogen) atoms. The molecule has 1 aromatic carbocycles. The van der Waals surface area contributed by atoms with Crippen LogP contribution in [0.15, 0.2) is 18.2 Å². The Labute approximate surface area is 142 Å². The van der Waals surface area contributed by atoms with E-state index in [2.05, 4.69) is 5.32 Å². The maximum atomic E-state index is 12.4. The topological polar surface area (TPSA) is 58.6 Å². The number of hydrogen-bond acceptors (Lipinski definition) is 4. The molecule has 3 rings (SSSR count). The summed E-state index contributed by atoms with van der Waals surface area (Å²) in [5.41, 5.74) is -0.709. The Bertz CT molecular complexity index is 620. The third-order valence-electron chi connectivity index (χ3n) is 3.73. The van der Waals surface area contributed by atoms with E-state index < -0.39 is 5.54 Å². The van der Waals surface area contributed by atoms with Crippen molar-refractivity contribution in [2.45, 2.75) is 12.0 Å². The van der Waals surface area contributed by atoms with Gasteiger partial charge in [0.2, 0.25) is 0 Å². The second-order valence-electron chi connectivity index (χ2n) is 5.19. The predicted octanol–water partition coefficient (Wildman–Crippen LogP) is 2.80. The monoisotopic (exact) mass is 360 g/mol. The van der Waals surface area contributed by atoms with Crippen LogP contribution in [0.4, 0.5) is 4.79 Å². The van der Waals surface area contributed by atoms with Crippen LogP contribution in [-0.2, 0) is 4.79 Å². The summed E-state index contributed by atoms with van der Waals surface area (Å²) in [5, 5.41) is 3.73.